The van der Waals surface area contributed by atoms with E-state index in [4.69, 9.17) is 14.6 Å². The third-order valence-electron chi connectivity index (χ3n) is 2.57. The maximum atomic E-state index is 11.4. The Morgan fingerprint density at radius 3 is 2.42 bits per heavy atom. The zero-order chi connectivity index (χ0) is 14.7. The fourth-order valence-corrected chi connectivity index (χ4v) is 1.50. The topological polar surface area (TPSA) is 72.8 Å². The second-order valence-electron chi connectivity index (χ2n) is 4.82. The molecule has 112 valence electrons. The Morgan fingerprint density at radius 1 is 1.16 bits per heavy atom. The third kappa shape index (κ3) is 11.7. The van der Waals surface area contributed by atoms with Crippen molar-refractivity contribution in [2.45, 2.75) is 71.5 Å². The fraction of sp³-hybridized carbons (Fsp3) is 0.857. The molecule has 0 aromatic carbocycles. The SMILES string of the molecule is CCCCCC(=O)O[C@H](C)CCOC(=O)C[C@@H](C)O. The maximum Gasteiger partial charge on any atom is 0.308 e. The average Bonchev–Trinajstić information content (AvgIpc) is 2.28. The molecule has 0 aliphatic rings. The van der Waals surface area contributed by atoms with Gasteiger partial charge in [-0.05, 0) is 20.3 Å². The molecule has 0 aliphatic carbocycles. The molecule has 0 rings (SSSR count). The van der Waals surface area contributed by atoms with Gasteiger partial charge in [-0.3, -0.25) is 9.59 Å². The van der Waals surface area contributed by atoms with E-state index in [1.54, 1.807) is 6.92 Å². The van der Waals surface area contributed by atoms with Crippen molar-refractivity contribution in [3.8, 4) is 0 Å². The molecule has 0 heterocycles. The number of aliphatic hydroxyl groups is 1. The van der Waals surface area contributed by atoms with Crippen molar-refractivity contribution >= 4 is 11.9 Å². The van der Waals surface area contributed by atoms with Gasteiger partial charge in [-0.25, -0.2) is 0 Å². The summed E-state index contributed by atoms with van der Waals surface area (Å²) in [5, 5.41) is 8.98. The van der Waals surface area contributed by atoms with E-state index in [0.717, 1.165) is 19.3 Å². The van der Waals surface area contributed by atoms with Gasteiger partial charge in [0.15, 0.2) is 0 Å². The van der Waals surface area contributed by atoms with Crippen molar-refractivity contribution in [3.63, 3.8) is 0 Å². The number of ether oxygens (including phenoxy) is 2. The molecule has 0 fully saturated rings. The summed E-state index contributed by atoms with van der Waals surface area (Å²) in [7, 11) is 0. The van der Waals surface area contributed by atoms with E-state index in [9.17, 15) is 9.59 Å². The zero-order valence-electron chi connectivity index (χ0n) is 12.2. The summed E-state index contributed by atoms with van der Waals surface area (Å²) in [6.07, 6.45) is 2.92. The smallest absolute Gasteiger partial charge is 0.308 e. The van der Waals surface area contributed by atoms with Crippen molar-refractivity contribution in [3.05, 3.63) is 0 Å². The van der Waals surface area contributed by atoms with Crippen LogP contribution in [0.4, 0.5) is 0 Å². The highest BCUT2D eigenvalue weighted by molar-refractivity contribution is 5.70. The molecule has 0 spiro atoms. The van der Waals surface area contributed by atoms with Crippen LogP contribution in [0.1, 0.15) is 59.3 Å². The van der Waals surface area contributed by atoms with Gasteiger partial charge in [0.1, 0.15) is 6.10 Å². The number of unbranched alkanes of at least 4 members (excludes halogenated alkanes) is 2. The summed E-state index contributed by atoms with van der Waals surface area (Å²) >= 11 is 0. The third-order valence-corrected chi connectivity index (χ3v) is 2.57. The van der Waals surface area contributed by atoms with Gasteiger partial charge in [0, 0.05) is 12.8 Å². The molecule has 1 N–H and O–H groups in total. The van der Waals surface area contributed by atoms with Gasteiger partial charge in [0.2, 0.25) is 0 Å². The molecule has 0 amide bonds. The second kappa shape index (κ2) is 10.8. The standard InChI is InChI=1S/C14H26O5/c1-4-5-6-7-13(16)19-12(3)8-9-18-14(17)10-11(2)15/h11-12,15H,4-10H2,1-3H3/t11-,12-/m1/s1. The van der Waals surface area contributed by atoms with E-state index in [-0.39, 0.29) is 25.1 Å². The molecule has 5 heteroatoms. The Morgan fingerprint density at radius 2 is 1.84 bits per heavy atom. The molecule has 0 radical (unpaired) electrons. The van der Waals surface area contributed by atoms with E-state index in [1.807, 2.05) is 0 Å². The van der Waals surface area contributed by atoms with Crippen LogP contribution in [0.25, 0.3) is 0 Å². The molecule has 0 aliphatic heterocycles. The zero-order valence-corrected chi connectivity index (χ0v) is 12.2. The summed E-state index contributed by atoms with van der Waals surface area (Å²) in [4.78, 5) is 22.5. The molecule has 0 saturated heterocycles. The summed E-state index contributed by atoms with van der Waals surface area (Å²) in [6, 6.07) is 0. The first-order chi connectivity index (χ1) is 8.95. The van der Waals surface area contributed by atoms with Crippen molar-refractivity contribution in [2.24, 2.45) is 0 Å². The number of hydrogen-bond donors (Lipinski definition) is 1. The molecular formula is C14H26O5. The molecule has 19 heavy (non-hydrogen) atoms. The molecule has 0 aromatic heterocycles. The molecular weight excluding hydrogens is 248 g/mol. The Labute approximate surface area is 115 Å². The van der Waals surface area contributed by atoms with Crippen LogP contribution in [-0.2, 0) is 19.1 Å². The lowest BCUT2D eigenvalue weighted by molar-refractivity contribution is -0.151. The van der Waals surface area contributed by atoms with Crippen LogP contribution in [0.3, 0.4) is 0 Å². The second-order valence-corrected chi connectivity index (χ2v) is 4.82. The number of carbonyl (C=O) groups is 2. The summed E-state index contributed by atoms with van der Waals surface area (Å²) < 4.78 is 10.1. The van der Waals surface area contributed by atoms with E-state index in [0.29, 0.717) is 12.8 Å². The van der Waals surface area contributed by atoms with Crippen LogP contribution >= 0.6 is 0 Å². The lowest BCUT2D eigenvalue weighted by Crippen LogP contribution is -2.19. The van der Waals surface area contributed by atoms with Gasteiger partial charge in [0.05, 0.1) is 19.1 Å². The Kier molecular flexibility index (Phi) is 10.2. The molecule has 0 saturated carbocycles. The van der Waals surface area contributed by atoms with Crippen LogP contribution in [-0.4, -0.2) is 35.9 Å². The van der Waals surface area contributed by atoms with Crippen LogP contribution in [0.15, 0.2) is 0 Å². The molecule has 0 bridgehead atoms. The Balaban J connectivity index is 3.60. The number of aliphatic hydroxyl groups excluding tert-OH is 1. The van der Waals surface area contributed by atoms with Crippen LogP contribution in [0.2, 0.25) is 0 Å². The van der Waals surface area contributed by atoms with Gasteiger partial charge in [0.25, 0.3) is 0 Å². The number of rotatable bonds is 10. The largest absolute Gasteiger partial charge is 0.465 e. The van der Waals surface area contributed by atoms with Crippen molar-refractivity contribution in [1.29, 1.82) is 0 Å². The first-order valence-corrected chi connectivity index (χ1v) is 6.98. The first kappa shape index (κ1) is 17.9. The minimum absolute atomic E-state index is 0.00874. The number of esters is 2. The van der Waals surface area contributed by atoms with E-state index in [1.165, 1.54) is 6.92 Å². The number of hydrogen-bond acceptors (Lipinski definition) is 5. The molecule has 2 atom stereocenters. The summed E-state index contributed by atoms with van der Waals surface area (Å²) in [5.41, 5.74) is 0. The predicted molar refractivity (Wildman–Crippen MR) is 71.6 cm³/mol. The van der Waals surface area contributed by atoms with Crippen molar-refractivity contribution in [1.82, 2.24) is 0 Å². The van der Waals surface area contributed by atoms with Crippen molar-refractivity contribution in [2.75, 3.05) is 6.61 Å². The highest BCUT2D eigenvalue weighted by Gasteiger charge is 2.11. The first-order valence-electron chi connectivity index (χ1n) is 6.98. The minimum atomic E-state index is -0.693. The quantitative estimate of drug-likeness (QED) is 0.488. The van der Waals surface area contributed by atoms with Gasteiger partial charge in [-0.2, -0.15) is 0 Å². The lowest BCUT2D eigenvalue weighted by atomic mass is 10.2. The number of carbonyl (C=O) groups excluding carboxylic acids is 2. The lowest BCUT2D eigenvalue weighted by Gasteiger charge is -2.13. The Hall–Kier alpha value is -1.10. The van der Waals surface area contributed by atoms with E-state index >= 15 is 0 Å². The summed E-state index contributed by atoms with van der Waals surface area (Å²) in [5.74, 6) is -0.632. The maximum absolute atomic E-state index is 11.4. The van der Waals surface area contributed by atoms with E-state index < -0.39 is 12.1 Å². The molecule has 5 nitrogen and oxygen atoms in total. The van der Waals surface area contributed by atoms with Crippen LogP contribution < -0.4 is 0 Å². The normalized spacial score (nSPS) is 13.7. The van der Waals surface area contributed by atoms with Gasteiger partial charge in [-0.15, -0.1) is 0 Å². The fourth-order valence-electron chi connectivity index (χ4n) is 1.50. The summed E-state index contributed by atoms with van der Waals surface area (Å²) in [6.45, 7) is 5.59. The van der Waals surface area contributed by atoms with Gasteiger partial charge >= 0.3 is 11.9 Å². The average molecular weight is 274 g/mol. The van der Waals surface area contributed by atoms with E-state index in [2.05, 4.69) is 6.92 Å². The van der Waals surface area contributed by atoms with Crippen LogP contribution in [0, 0.1) is 0 Å². The highest BCUT2D eigenvalue weighted by atomic mass is 16.6. The van der Waals surface area contributed by atoms with Crippen molar-refractivity contribution < 1.29 is 24.2 Å². The van der Waals surface area contributed by atoms with Gasteiger partial charge < -0.3 is 14.6 Å². The predicted octanol–water partition coefficient (Wildman–Crippen LogP) is 2.20. The minimum Gasteiger partial charge on any atom is -0.465 e. The monoisotopic (exact) mass is 274 g/mol. The Bertz CT molecular complexity index is 263. The van der Waals surface area contributed by atoms with Gasteiger partial charge in [-0.1, -0.05) is 19.8 Å². The highest BCUT2D eigenvalue weighted by Crippen LogP contribution is 2.05. The molecule has 0 unspecified atom stereocenters. The molecule has 0 aromatic rings. The van der Waals surface area contributed by atoms with Crippen LogP contribution in [0.5, 0.6) is 0 Å².